The number of halogens is 5. The van der Waals surface area contributed by atoms with E-state index in [9.17, 15) is 17.6 Å². The molecule has 2 aromatic rings. The number of ether oxygens (including phenoxy) is 2. The second-order valence-corrected chi connectivity index (χ2v) is 5.77. The zero-order chi connectivity index (χ0) is 20.7. The summed E-state index contributed by atoms with van der Waals surface area (Å²) in [5, 5.41) is 5.80. The van der Waals surface area contributed by atoms with E-state index in [2.05, 4.69) is 15.6 Å². The summed E-state index contributed by atoms with van der Waals surface area (Å²) >= 11 is 0. The van der Waals surface area contributed by atoms with Gasteiger partial charge in [-0.1, -0.05) is 12.1 Å². The van der Waals surface area contributed by atoms with Crippen LogP contribution >= 0.6 is 24.0 Å². The van der Waals surface area contributed by atoms with Crippen LogP contribution in [0.2, 0.25) is 0 Å². The highest BCUT2D eigenvalue weighted by molar-refractivity contribution is 14.0. The number of methoxy groups -OCH3 is 2. The van der Waals surface area contributed by atoms with Crippen LogP contribution in [0.1, 0.15) is 16.7 Å². The Labute approximate surface area is 183 Å². The third kappa shape index (κ3) is 6.94. The first-order chi connectivity index (χ1) is 13.3. The van der Waals surface area contributed by atoms with E-state index in [0.717, 1.165) is 17.7 Å². The Kier molecular flexibility index (Phi) is 9.47. The fourth-order valence-corrected chi connectivity index (χ4v) is 2.54. The summed E-state index contributed by atoms with van der Waals surface area (Å²) in [6.45, 7) is 0.191. The molecule has 0 atom stereocenters. The minimum Gasteiger partial charge on any atom is -0.493 e. The topological polar surface area (TPSA) is 54.9 Å². The van der Waals surface area contributed by atoms with Crippen molar-refractivity contribution in [2.24, 2.45) is 4.99 Å². The lowest BCUT2D eigenvalue weighted by Gasteiger charge is -2.16. The molecule has 0 aliphatic carbocycles. The molecule has 0 saturated carbocycles. The maximum absolute atomic E-state index is 13.2. The molecule has 2 N–H and O–H groups in total. The first-order valence-electron chi connectivity index (χ1n) is 8.29. The van der Waals surface area contributed by atoms with Crippen molar-refractivity contribution in [2.45, 2.75) is 19.3 Å². The summed E-state index contributed by atoms with van der Waals surface area (Å²) < 4.78 is 62.8. The first kappa shape index (κ1) is 24.8. The fourth-order valence-electron chi connectivity index (χ4n) is 2.54. The van der Waals surface area contributed by atoms with Gasteiger partial charge in [-0.05, 0) is 35.4 Å². The average molecular weight is 527 g/mol. The van der Waals surface area contributed by atoms with Crippen LogP contribution in [0.3, 0.4) is 0 Å². The van der Waals surface area contributed by atoms with Gasteiger partial charge in [0, 0.05) is 20.1 Å². The van der Waals surface area contributed by atoms with Gasteiger partial charge in [0.2, 0.25) is 0 Å². The molecule has 2 rings (SSSR count). The number of hydrogen-bond donors (Lipinski definition) is 2. The molecule has 0 aromatic heterocycles. The highest BCUT2D eigenvalue weighted by atomic mass is 127. The van der Waals surface area contributed by atoms with E-state index >= 15 is 0 Å². The van der Waals surface area contributed by atoms with Gasteiger partial charge >= 0.3 is 6.18 Å². The summed E-state index contributed by atoms with van der Waals surface area (Å²) in [5.41, 5.74) is -0.239. The number of aliphatic imine (C=N–C) groups is 1. The average Bonchev–Trinajstić information content (AvgIpc) is 2.67. The molecule has 0 unspecified atom stereocenters. The van der Waals surface area contributed by atoms with Crippen LogP contribution in [-0.2, 0) is 19.3 Å². The van der Waals surface area contributed by atoms with E-state index in [4.69, 9.17) is 9.47 Å². The van der Waals surface area contributed by atoms with Crippen LogP contribution in [0.5, 0.6) is 11.5 Å². The predicted octanol–water partition coefficient (Wildman–Crippen LogP) is 4.34. The second-order valence-electron chi connectivity index (χ2n) is 5.77. The minimum absolute atomic E-state index is 0. The highest BCUT2D eigenvalue weighted by Gasteiger charge is 2.33. The summed E-state index contributed by atoms with van der Waals surface area (Å²) in [4.78, 5) is 3.99. The van der Waals surface area contributed by atoms with Gasteiger partial charge in [0.05, 0.1) is 19.8 Å². The fraction of sp³-hybridized carbons (Fsp3) is 0.316. The predicted molar refractivity (Wildman–Crippen MR) is 113 cm³/mol. The molecule has 0 amide bonds. The zero-order valence-corrected chi connectivity index (χ0v) is 18.4. The third-order valence-electron chi connectivity index (χ3n) is 3.96. The van der Waals surface area contributed by atoms with Crippen molar-refractivity contribution in [3.8, 4) is 11.5 Å². The molecule has 0 spiro atoms. The molecule has 10 heteroatoms. The SMILES string of the molecule is CN=C(NCc1ccc(OC)c(OC)c1)NCc1ccc(F)cc1C(F)(F)F.I. The maximum atomic E-state index is 13.2. The Balaban J connectivity index is 0.00000420. The zero-order valence-electron chi connectivity index (χ0n) is 16.1. The Bertz CT molecular complexity index is 845. The first-order valence-corrected chi connectivity index (χ1v) is 8.29. The molecule has 0 aliphatic rings. The number of hydrogen-bond acceptors (Lipinski definition) is 3. The number of benzene rings is 2. The molecule has 0 saturated heterocycles. The van der Waals surface area contributed by atoms with Gasteiger partial charge in [0.25, 0.3) is 0 Å². The largest absolute Gasteiger partial charge is 0.493 e. The third-order valence-corrected chi connectivity index (χ3v) is 3.96. The van der Waals surface area contributed by atoms with E-state index in [1.165, 1.54) is 21.3 Å². The summed E-state index contributed by atoms with van der Waals surface area (Å²) in [6.07, 6.45) is -4.64. The van der Waals surface area contributed by atoms with Crippen molar-refractivity contribution in [3.63, 3.8) is 0 Å². The monoisotopic (exact) mass is 527 g/mol. The van der Waals surface area contributed by atoms with Gasteiger partial charge in [-0.2, -0.15) is 13.2 Å². The van der Waals surface area contributed by atoms with Crippen LogP contribution in [-0.4, -0.2) is 27.2 Å². The summed E-state index contributed by atoms with van der Waals surface area (Å²) in [5.74, 6) is 0.509. The normalized spacial score (nSPS) is 11.5. The molecule has 2 aromatic carbocycles. The Morgan fingerprint density at radius 3 is 2.21 bits per heavy atom. The maximum Gasteiger partial charge on any atom is 0.416 e. The van der Waals surface area contributed by atoms with Gasteiger partial charge in [-0.15, -0.1) is 24.0 Å². The molecule has 0 bridgehead atoms. The molecule has 0 radical (unpaired) electrons. The van der Waals surface area contributed by atoms with Crippen LogP contribution in [0.15, 0.2) is 41.4 Å². The summed E-state index contributed by atoms with van der Waals surface area (Å²) in [7, 11) is 4.56. The molecule has 5 nitrogen and oxygen atoms in total. The molecule has 0 heterocycles. The molecule has 0 fully saturated rings. The number of guanidine groups is 1. The standard InChI is InChI=1S/C19H21F4N3O2.HI/c1-24-18(25-10-12-4-7-16(27-2)17(8-12)28-3)26-11-13-5-6-14(20)9-15(13)19(21,22)23;/h4-9H,10-11H2,1-3H3,(H2,24,25,26);1H. The number of alkyl halides is 3. The van der Waals surface area contributed by atoms with E-state index in [0.29, 0.717) is 30.1 Å². The van der Waals surface area contributed by atoms with Crippen molar-refractivity contribution in [1.29, 1.82) is 0 Å². The van der Waals surface area contributed by atoms with Crippen molar-refractivity contribution in [1.82, 2.24) is 10.6 Å². The molecule has 0 aliphatic heterocycles. The minimum atomic E-state index is -4.64. The van der Waals surface area contributed by atoms with E-state index in [1.807, 2.05) is 6.07 Å². The second kappa shape index (κ2) is 11.1. The summed E-state index contributed by atoms with van der Waals surface area (Å²) in [6, 6.07) is 7.93. The molecular formula is C19H22F4IN3O2. The lowest BCUT2D eigenvalue weighted by molar-refractivity contribution is -0.138. The van der Waals surface area contributed by atoms with E-state index in [-0.39, 0.29) is 36.1 Å². The Morgan fingerprint density at radius 2 is 1.62 bits per heavy atom. The lowest BCUT2D eigenvalue weighted by atomic mass is 10.1. The Hall–Kier alpha value is -2.24. The van der Waals surface area contributed by atoms with E-state index < -0.39 is 17.6 Å². The van der Waals surface area contributed by atoms with Crippen molar-refractivity contribution >= 4 is 29.9 Å². The highest BCUT2D eigenvalue weighted by Crippen LogP contribution is 2.32. The number of rotatable bonds is 6. The number of nitrogens with one attached hydrogen (secondary N) is 2. The van der Waals surface area contributed by atoms with Gasteiger partial charge in [-0.25, -0.2) is 4.39 Å². The van der Waals surface area contributed by atoms with Crippen LogP contribution in [0.4, 0.5) is 17.6 Å². The quantitative estimate of drug-likeness (QED) is 0.254. The smallest absolute Gasteiger partial charge is 0.416 e. The molecule has 160 valence electrons. The Morgan fingerprint density at radius 1 is 0.966 bits per heavy atom. The van der Waals surface area contributed by atoms with Crippen LogP contribution < -0.4 is 20.1 Å². The molecular weight excluding hydrogens is 505 g/mol. The van der Waals surface area contributed by atoms with Crippen molar-refractivity contribution in [2.75, 3.05) is 21.3 Å². The van der Waals surface area contributed by atoms with Crippen molar-refractivity contribution in [3.05, 3.63) is 58.9 Å². The van der Waals surface area contributed by atoms with Gasteiger partial charge in [-0.3, -0.25) is 4.99 Å². The van der Waals surface area contributed by atoms with Gasteiger partial charge in [0.15, 0.2) is 17.5 Å². The van der Waals surface area contributed by atoms with Crippen molar-refractivity contribution < 1.29 is 27.0 Å². The van der Waals surface area contributed by atoms with E-state index in [1.54, 1.807) is 12.1 Å². The van der Waals surface area contributed by atoms with Crippen LogP contribution in [0.25, 0.3) is 0 Å². The number of nitrogens with zero attached hydrogens (tertiary/aromatic N) is 1. The molecule has 29 heavy (non-hydrogen) atoms. The lowest BCUT2D eigenvalue weighted by Crippen LogP contribution is -2.36. The van der Waals surface area contributed by atoms with Gasteiger partial charge in [0.1, 0.15) is 5.82 Å². The van der Waals surface area contributed by atoms with Gasteiger partial charge < -0.3 is 20.1 Å². The van der Waals surface area contributed by atoms with Crippen LogP contribution in [0, 0.1) is 5.82 Å².